The van der Waals surface area contributed by atoms with E-state index in [2.05, 4.69) is 28.7 Å². The van der Waals surface area contributed by atoms with Gasteiger partial charge in [-0.25, -0.2) is 4.98 Å². The number of oxazole rings is 1. The van der Waals surface area contributed by atoms with Gasteiger partial charge < -0.3 is 14.5 Å². The Bertz CT molecular complexity index is 496. The van der Waals surface area contributed by atoms with E-state index in [4.69, 9.17) is 9.15 Å². The summed E-state index contributed by atoms with van der Waals surface area (Å²) in [6.07, 6.45) is 3.75. The average molecular weight is 278 g/mol. The van der Waals surface area contributed by atoms with E-state index in [0.29, 0.717) is 19.0 Å². The zero-order valence-corrected chi connectivity index (χ0v) is 12.0. The number of ether oxygens (including phenoxy) is 1. The molecule has 2 aromatic rings. The van der Waals surface area contributed by atoms with Crippen LogP contribution in [0.15, 0.2) is 39.8 Å². The summed E-state index contributed by atoms with van der Waals surface area (Å²) in [6, 6.07) is 8.20. The van der Waals surface area contributed by atoms with Crippen LogP contribution >= 0.6 is 11.8 Å². The molecule has 1 N–H and O–H groups in total. The molecule has 102 valence electrons. The Labute approximate surface area is 117 Å². The SMILES string of the molecule is COCCNCc1coc(-c2ccc(SC)cc2)n1. The van der Waals surface area contributed by atoms with Crippen LogP contribution in [-0.2, 0) is 11.3 Å². The average Bonchev–Trinajstić information content (AvgIpc) is 2.92. The molecule has 2 rings (SSSR count). The second kappa shape index (κ2) is 7.33. The van der Waals surface area contributed by atoms with Crippen LogP contribution in [0.25, 0.3) is 11.5 Å². The molecule has 1 heterocycles. The Morgan fingerprint density at radius 2 is 2.11 bits per heavy atom. The summed E-state index contributed by atoms with van der Waals surface area (Å²) in [7, 11) is 1.69. The molecule has 0 atom stereocenters. The molecule has 0 saturated carbocycles. The monoisotopic (exact) mass is 278 g/mol. The molecule has 0 aliphatic carbocycles. The lowest BCUT2D eigenvalue weighted by atomic mass is 10.2. The van der Waals surface area contributed by atoms with Gasteiger partial charge >= 0.3 is 0 Å². The first-order valence-corrected chi connectivity index (χ1v) is 7.34. The number of hydrogen-bond donors (Lipinski definition) is 1. The molecule has 0 amide bonds. The van der Waals surface area contributed by atoms with Crippen molar-refractivity contribution >= 4 is 11.8 Å². The van der Waals surface area contributed by atoms with Crippen molar-refractivity contribution in [2.75, 3.05) is 26.5 Å². The van der Waals surface area contributed by atoms with E-state index >= 15 is 0 Å². The third-order valence-electron chi connectivity index (χ3n) is 2.68. The van der Waals surface area contributed by atoms with Gasteiger partial charge in [-0.05, 0) is 30.5 Å². The van der Waals surface area contributed by atoms with Gasteiger partial charge in [0.1, 0.15) is 6.26 Å². The summed E-state index contributed by atoms with van der Waals surface area (Å²) in [5.74, 6) is 0.663. The topological polar surface area (TPSA) is 47.3 Å². The van der Waals surface area contributed by atoms with Gasteiger partial charge in [-0.2, -0.15) is 0 Å². The second-order valence-electron chi connectivity index (χ2n) is 4.04. The van der Waals surface area contributed by atoms with E-state index in [9.17, 15) is 0 Å². The Hall–Kier alpha value is -1.30. The number of methoxy groups -OCH3 is 1. The molecule has 0 spiro atoms. The lowest BCUT2D eigenvalue weighted by molar-refractivity contribution is 0.199. The molecule has 0 aliphatic heterocycles. The summed E-state index contributed by atoms with van der Waals surface area (Å²) in [5.41, 5.74) is 1.90. The fourth-order valence-electron chi connectivity index (χ4n) is 1.65. The van der Waals surface area contributed by atoms with Gasteiger partial charge in [-0.1, -0.05) is 0 Å². The Balaban J connectivity index is 1.95. The highest BCUT2D eigenvalue weighted by Crippen LogP contribution is 2.22. The molecule has 19 heavy (non-hydrogen) atoms. The first-order chi connectivity index (χ1) is 9.33. The number of nitrogens with zero attached hydrogens (tertiary/aromatic N) is 1. The summed E-state index contributed by atoms with van der Waals surface area (Å²) in [6.45, 7) is 2.19. The van der Waals surface area contributed by atoms with Gasteiger partial charge in [-0.3, -0.25) is 0 Å². The molecule has 0 aliphatic rings. The molecule has 0 unspecified atom stereocenters. The zero-order chi connectivity index (χ0) is 13.5. The van der Waals surface area contributed by atoms with Crippen molar-refractivity contribution in [3.8, 4) is 11.5 Å². The molecule has 0 fully saturated rings. The van der Waals surface area contributed by atoms with E-state index in [1.54, 1.807) is 25.1 Å². The summed E-state index contributed by atoms with van der Waals surface area (Å²) >= 11 is 1.72. The Kier molecular flexibility index (Phi) is 5.44. The van der Waals surface area contributed by atoms with Crippen molar-refractivity contribution in [2.45, 2.75) is 11.4 Å². The van der Waals surface area contributed by atoms with E-state index < -0.39 is 0 Å². The van der Waals surface area contributed by atoms with Crippen molar-refractivity contribution < 1.29 is 9.15 Å². The first kappa shape index (κ1) is 14.1. The molecule has 0 bridgehead atoms. The van der Waals surface area contributed by atoms with E-state index in [1.807, 2.05) is 12.1 Å². The van der Waals surface area contributed by atoms with Gasteiger partial charge in [0.25, 0.3) is 0 Å². The molecular weight excluding hydrogens is 260 g/mol. The molecule has 1 aromatic heterocycles. The number of thioether (sulfide) groups is 1. The molecule has 5 heteroatoms. The predicted molar refractivity (Wildman–Crippen MR) is 77.3 cm³/mol. The standard InChI is InChI=1S/C14H18N2O2S/c1-17-8-7-15-9-12-10-18-14(16-12)11-3-5-13(19-2)6-4-11/h3-6,10,15H,7-9H2,1-2H3. The van der Waals surface area contributed by atoms with Crippen LogP contribution in [0.1, 0.15) is 5.69 Å². The van der Waals surface area contributed by atoms with Crippen LogP contribution in [-0.4, -0.2) is 31.5 Å². The van der Waals surface area contributed by atoms with Crippen LogP contribution in [0.3, 0.4) is 0 Å². The Morgan fingerprint density at radius 3 is 2.79 bits per heavy atom. The van der Waals surface area contributed by atoms with Crippen molar-refractivity contribution in [1.29, 1.82) is 0 Å². The maximum absolute atomic E-state index is 5.49. The van der Waals surface area contributed by atoms with E-state index in [0.717, 1.165) is 17.8 Å². The fraction of sp³-hybridized carbons (Fsp3) is 0.357. The fourth-order valence-corrected chi connectivity index (χ4v) is 2.05. The first-order valence-electron chi connectivity index (χ1n) is 6.12. The maximum atomic E-state index is 5.49. The molecule has 0 radical (unpaired) electrons. The van der Waals surface area contributed by atoms with Crippen LogP contribution in [0.4, 0.5) is 0 Å². The largest absolute Gasteiger partial charge is 0.444 e. The number of hydrogen-bond acceptors (Lipinski definition) is 5. The predicted octanol–water partition coefficient (Wildman–Crippen LogP) is 2.80. The minimum atomic E-state index is 0.663. The number of aromatic nitrogens is 1. The Morgan fingerprint density at radius 1 is 1.32 bits per heavy atom. The lowest BCUT2D eigenvalue weighted by Gasteiger charge is -2.00. The minimum absolute atomic E-state index is 0.663. The highest BCUT2D eigenvalue weighted by atomic mass is 32.2. The highest BCUT2D eigenvalue weighted by Gasteiger charge is 2.06. The smallest absolute Gasteiger partial charge is 0.226 e. The minimum Gasteiger partial charge on any atom is -0.444 e. The summed E-state index contributed by atoms with van der Waals surface area (Å²) < 4.78 is 10.5. The van der Waals surface area contributed by atoms with Gasteiger partial charge in [0, 0.05) is 30.7 Å². The van der Waals surface area contributed by atoms with Gasteiger partial charge in [0.15, 0.2) is 0 Å². The van der Waals surface area contributed by atoms with Crippen LogP contribution in [0.2, 0.25) is 0 Å². The maximum Gasteiger partial charge on any atom is 0.226 e. The molecule has 0 saturated heterocycles. The number of benzene rings is 1. The van der Waals surface area contributed by atoms with Crippen LogP contribution in [0.5, 0.6) is 0 Å². The second-order valence-corrected chi connectivity index (χ2v) is 4.92. The third-order valence-corrected chi connectivity index (χ3v) is 3.42. The quantitative estimate of drug-likeness (QED) is 0.623. The van der Waals surface area contributed by atoms with Gasteiger partial charge in [0.05, 0.1) is 12.3 Å². The lowest BCUT2D eigenvalue weighted by Crippen LogP contribution is -2.18. The van der Waals surface area contributed by atoms with Crippen molar-refractivity contribution in [1.82, 2.24) is 10.3 Å². The number of nitrogens with one attached hydrogen (secondary N) is 1. The summed E-state index contributed by atoms with van der Waals surface area (Å²) in [5, 5.41) is 3.23. The van der Waals surface area contributed by atoms with Crippen molar-refractivity contribution in [3.05, 3.63) is 36.2 Å². The van der Waals surface area contributed by atoms with Gasteiger partial charge in [0.2, 0.25) is 5.89 Å². The number of rotatable bonds is 7. The van der Waals surface area contributed by atoms with Crippen molar-refractivity contribution in [3.63, 3.8) is 0 Å². The van der Waals surface area contributed by atoms with Crippen LogP contribution < -0.4 is 5.32 Å². The molecule has 4 nitrogen and oxygen atoms in total. The summed E-state index contributed by atoms with van der Waals surface area (Å²) in [4.78, 5) is 5.69. The van der Waals surface area contributed by atoms with E-state index in [-0.39, 0.29) is 0 Å². The van der Waals surface area contributed by atoms with Crippen LogP contribution in [0, 0.1) is 0 Å². The zero-order valence-electron chi connectivity index (χ0n) is 11.2. The highest BCUT2D eigenvalue weighted by molar-refractivity contribution is 7.98. The normalized spacial score (nSPS) is 10.8. The van der Waals surface area contributed by atoms with Crippen molar-refractivity contribution in [2.24, 2.45) is 0 Å². The van der Waals surface area contributed by atoms with E-state index in [1.165, 1.54) is 4.90 Å². The van der Waals surface area contributed by atoms with Gasteiger partial charge in [-0.15, -0.1) is 11.8 Å². The molecular formula is C14H18N2O2S. The third kappa shape index (κ3) is 4.09. The molecule has 1 aromatic carbocycles.